The summed E-state index contributed by atoms with van der Waals surface area (Å²) >= 11 is 0.311. The van der Waals surface area contributed by atoms with E-state index >= 15 is 0 Å². The molecule has 0 aliphatic rings. The van der Waals surface area contributed by atoms with Gasteiger partial charge in [-0.25, -0.2) is 0 Å². The fourth-order valence-corrected chi connectivity index (χ4v) is 3.51. The fourth-order valence-electron chi connectivity index (χ4n) is 0.523. The second kappa shape index (κ2) is 4.58. The first-order chi connectivity index (χ1) is 4.06. The average molecular weight is 242 g/mol. The van der Waals surface area contributed by atoms with Crippen LogP contribution < -0.4 is 0 Å². The first kappa shape index (κ1) is 9.79. The Morgan fingerprint density at radius 3 is 2.11 bits per heavy atom. The predicted molar refractivity (Wildman–Crippen MR) is 45.2 cm³/mol. The average Bonchev–Trinajstić information content (AvgIpc) is 1.63. The first-order valence-electron chi connectivity index (χ1n) is 3.70. The molecule has 0 aliphatic heterocycles. The van der Waals surface area contributed by atoms with E-state index in [-0.39, 0.29) is 0 Å². The molecule has 9 heavy (non-hydrogen) atoms. The van der Waals surface area contributed by atoms with Gasteiger partial charge in [0.15, 0.2) is 0 Å². The molecule has 0 amide bonds. The molecule has 0 nitrogen and oxygen atoms in total. The van der Waals surface area contributed by atoms with Crippen LogP contribution in [0.1, 0.15) is 40.5 Å². The molecule has 0 aliphatic carbocycles. The zero-order chi connectivity index (χ0) is 7.33. The summed E-state index contributed by atoms with van der Waals surface area (Å²) in [5.41, 5.74) is 0. The van der Waals surface area contributed by atoms with Gasteiger partial charge in [-0.2, -0.15) is 0 Å². The molecule has 0 heterocycles. The molecule has 0 aromatic rings. The van der Waals surface area contributed by atoms with Crippen LogP contribution in [0.3, 0.4) is 0 Å². The summed E-state index contributed by atoms with van der Waals surface area (Å²) in [6.07, 6.45) is 2.83. The Labute approximate surface area is 69.5 Å². The van der Waals surface area contributed by atoms with Crippen LogP contribution >= 0.6 is 0 Å². The summed E-state index contributed by atoms with van der Waals surface area (Å²) in [6.45, 7) is 9.37. The minimum atomic E-state index is 0.311. The van der Waals surface area contributed by atoms with E-state index in [1.54, 1.807) is 0 Å². The van der Waals surface area contributed by atoms with E-state index in [1.807, 2.05) is 0 Å². The van der Waals surface area contributed by atoms with Gasteiger partial charge < -0.3 is 0 Å². The van der Waals surface area contributed by atoms with Crippen molar-refractivity contribution in [2.75, 3.05) is 0 Å². The van der Waals surface area contributed by atoms with Crippen molar-refractivity contribution in [1.29, 1.82) is 0 Å². The molecular weight excluding hydrogens is 224 g/mol. The minimum absolute atomic E-state index is 0.311. The van der Waals surface area contributed by atoms with Crippen LogP contribution in [-0.2, 0) is 0 Å². The van der Waals surface area contributed by atoms with Gasteiger partial charge in [0.2, 0.25) is 0 Å². The summed E-state index contributed by atoms with van der Waals surface area (Å²) < 4.78 is 2.21. The van der Waals surface area contributed by atoms with Gasteiger partial charge in [-0.15, -0.1) is 0 Å². The third-order valence-electron chi connectivity index (χ3n) is 1.03. The molecule has 0 saturated carbocycles. The van der Waals surface area contributed by atoms with E-state index in [0.29, 0.717) is 24.4 Å². The number of unbranched alkanes of at least 4 members (excludes halogenated alkanes) is 1. The van der Waals surface area contributed by atoms with E-state index in [0.717, 1.165) is 0 Å². The number of rotatable bonds is 3. The molecule has 56 valence electrons. The van der Waals surface area contributed by atoms with Crippen LogP contribution in [0.5, 0.6) is 0 Å². The third-order valence-corrected chi connectivity index (χ3v) is 4.91. The number of hydrogen-bond donors (Lipinski definition) is 0. The first-order valence-corrected chi connectivity index (χ1v) is 6.51. The summed E-state index contributed by atoms with van der Waals surface area (Å²) in [5.74, 6) is 0. The Hall–Kier alpha value is 0.790. The van der Waals surface area contributed by atoms with Crippen LogP contribution in [-0.4, -0.2) is 20.9 Å². The van der Waals surface area contributed by atoms with Crippen LogP contribution in [0, 0.1) is 0 Å². The molecule has 0 rings (SSSR count). The van der Waals surface area contributed by atoms with Gasteiger partial charge in [0.25, 0.3) is 0 Å². The topological polar surface area (TPSA) is 0 Å². The van der Waals surface area contributed by atoms with Gasteiger partial charge in [0, 0.05) is 0 Å². The second-order valence-corrected chi connectivity index (χ2v) is 8.80. The second-order valence-electron chi connectivity index (χ2n) is 3.31. The molecule has 0 spiro atoms. The molecule has 0 unspecified atom stereocenters. The Morgan fingerprint density at radius 1 is 1.22 bits per heavy atom. The van der Waals surface area contributed by atoms with Crippen molar-refractivity contribution < 1.29 is 0 Å². The quantitative estimate of drug-likeness (QED) is 0.526. The monoisotopic (exact) mass is 244 g/mol. The van der Waals surface area contributed by atoms with Gasteiger partial charge in [0.1, 0.15) is 0 Å². The van der Waals surface area contributed by atoms with Crippen molar-refractivity contribution in [1.82, 2.24) is 0 Å². The molecule has 0 bridgehead atoms. The van der Waals surface area contributed by atoms with Gasteiger partial charge in [-0.3, -0.25) is 0 Å². The Bertz CT molecular complexity index is 61.5. The summed E-state index contributed by atoms with van der Waals surface area (Å²) in [6, 6.07) is 0. The van der Waals surface area contributed by atoms with Crippen LogP contribution in [0.2, 0.25) is 7.93 Å². The summed E-state index contributed by atoms with van der Waals surface area (Å²) in [4.78, 5) is 0. The van der Waals surface area contributed by atoms with E-state index in [2.05, 4.69) is 27.7 Å². The van der Waals surface area contributed by atoms with Gasteiger partial charge >= 0.3 is 69.4 Å². The van der Waals surface area contributed by atoms with Crippen molar-refractivity contribution >= 4 is 20.9 Å². The molecule has 0 saturated heterocycles. The molecule has 0 aromatic carbocycles. The van der Waals surface area contributed by atoms with Crippen molar-refractivity contribution in [3.05, 3.63) is 0 Å². The maximum absolute atomic E-state index is 2.37. The normalized spacial score (nSPS) is 12.0. The van der Waals surface area contributed by atoms with Crippen molar-refractivity contribution in [2.45, 2.75) is 48.5 Å². The molecule has 0 atom stereocenters. The van der Waals surface area contributed by atoms with Crippen molar-refractivity contribution in [3.8, 4) is 0 Å². The SMILES string of the molecule is CCCC[Te]C(C)(C)C. The molecule has 0 aromatic heterocycles. The van der Waals surface area contributed by atoms with E-state index < -0.39 is 0 Å². The number of hydrogen-bond acceptors (Lipinski definition) is 0. The Morgan fingerprint density at radius 2 is 1.78 bits per heavy atom. The molecule has 0 radical (unpaired) electrons. The van der Waals surface area contributed by atoms with E-state index in [9.17, 15) is 0 Å². The van der Waals surface area contributed by atoms with E-state index in [4.69, 9.17) is 0 Å². The van der Waals surface area contributed by atoms with Gasteiger partial charge in [0.05, 0.1) is 0 Å². The van der Waals surface area contributed by atoms with Crippen molar-refractivity contribution in [2.24, 2.45) is 0 Å². The van der Waals surface area contributed by atoms with E-state index in [1.165, 1.54) is 17.3 Å². The molecule has 1 heteroatoms. The summed E-state index contributed by atoms with van der Waals surface area (Å²) in [7, 11) is 0. The predicted octanol–water partition coefficient (Wildman–Crippen LogP) is 3.13. The third kappa shape index (κ3) is 8.79. The standard InChI is InChI=1S/C8H18Te/c1-5-6-7-9-8(2,3)4/h5-7H2,1-4H3. The fraction of sp³-hybridized carbons (Fsp3) is 1.00. The van der Waals surface area contributed by atoms with Crippen LogP contribution in [0.15, 0.2) is 0 Å². The zero-order valence-corrected chi connectivity index (χ0v) is 9.36. The van der Waals surface area contributed by atoms with Crippen LogP contribution in [0.25, 0.3) is 0 Å². The molecule has 0 fully saturated rings. The Kier molecular flexibility index (Phi) is 4.98. The molecule has 0 N–H and O–H groups in total. The van der Waals surface area contributed by atoms with Crippen molar-refractivity contribution in [3.63, 3.8) is 0 Å². The Balaban J connectivity index is 3.07. The van der Waals surface area contributed by atoms with Gasteiger partial charge in [-0.1, -0.05) is 0 Å². The summed E-state index contributed by atoms with van der Waals surface area (Å²) in [5, 5.41) is 0. The van der Waals surface area contributed by atoms with Crippen LogP contribution in [0.4, 0.5) is 0 Å². The zero-order valence-electron chi connectivity index (χ0n) is 7.03. The maximum atomic E-state index is 2.37. The van der Waals surface area contributed by atoms with Gasteiger partial charge in [-0.05, 0) is 0 Å². The molecular formula is C8H18Te.